The molecule has 0 aromatic heterocycles. The van der Waals surface area contributed by atoms with Crippen molar-refractivity contribution in [2.45, 2.75) is 32.6 Å². The van der Waals surface area contributed by atoms with Crippen LogP contribution in [0.4, 0.5) is 0 Å². The quantitative estimate of drug-likeness (QED) is 0.786. The van der Waals surface area contributed by atoms with Crippen molar-refractivity contribution >= 4 is 11.9 Å². The highest BCUT2D eigenvalue weighted by Gasteiger charge is 2.42. The van der Waals surface area contributed by atoms with E-state index in [9.17, 15) is 14.7 Å². The normalized spacial score (nSPS) is 24.7. The zero-order chi connectivity index (χ0) is 12.9. The molecule has 1 unspecified atom stereocenters. The number of amides is 1. The van der Waals surface area contributed by atoms with Gasteiger partial charge in [0, 0.05) is 20.2 Å². The Bertz CT molecular complexity index is 288. The van der Waals surface area contributed by atoms with Crippen molar-refractivity contribution < 1.29 is 19.4 Å². The maximum absolute atomic E-state index is 11.7. The lowest BCUT2D eigenvalue weighted by atomic mass is 9.76. The smallest absolute Gasteiger partial charge is 0.311 e. The van der Waals surface area contributed by atoms with E-state index in [2.05, 4.69) is 0 Å². The summed E-state index contributed by atoms with van der Waals surface area (Å²) >= 11 is 0. The monoisotopic (exact) mass is 243 g/mol. The highest BCUT2D eigenvalue weighted by Crippen LogP contribution is 2.35. The molecule has 1 N–H and O–H groups in total. The fourth-order valence-electron chi connectivity index (χ4n) is 2.52. The van der Waals surface area contributed by atoms with Crippen molar-refractivity contribution in [1.29, 1.82) is 0 Å². The molecule has 0 aromatic carbocycles. The fraction of sp³-hybridized carbons (Fsp3) is 0.833. The summed E-state index contributed by atoms with van der Waals surface area (Å²) in [5.41, 5.74) is -0.754. The number of hydrogen-bond acceptors (Lipinski definition) is 3. The van der Waals surface area contributed by atoms with Crippen molar-refractivity contribution in [2.24, 2.45) is 5.41 Å². The molecule has 1 rings (SSSR count). The molecule has 1 fully saturated rings. The van der Waals surface area contributed by atoms with Crippen LogP contribution in [0.1, 0.15) is 32.6 Å². The van der Waals surface area contributed by atoms with Crippen molar-refractivity contribution in [3.05, 3.63) is 0 Å². The van der Waals surface area contributed by atoms with Gasteiger partial charge in [-0.2, -0.15) is 0 Å². The molecule has 1 aliphatic rings. The summed E-state index contributed by atoms with van der Waals surface area (Å²) in [7, 11) is 1.47. The molecule has 0 saturated carbocycles. The number of methoxy groups -OCH3 is 1. The lowest BCUT2D eigenvalue weighted by molar-refractivity contribution is -0.156. The molecule has 1 heterocycles. The summed E-state index contributed by atoms with van der Waals surface area (Å²) in [4.78, 5) is 24.8. The number of nitrogens with zero attached hydrogens (tertiary/aromatic N) is 1. The van der Waals surface area contributed by atoms with Crippen molar-refractivity contribution in [2.75, 3.05) is 26.8 Å². The van der Waals surface area contributed by atoms with Gasteiger partial charge in [-0.15, -0.1) is 0 Å². The molecule has 1 amide bonds. The van der Waals surface area contributed by atoms with Gasteiger partial charge in [0.25, 0.3) is 0 Å². The van der Waals surface area contributed by atoms with Crippen LogP contribution in [-0.4, -0.2) is 48.7 Å². The SMILES string of the molecule is CCCC1(C(=O)O)CCCN(C(=O)COC)C1. The summed E-state index contributed by atoms with van der Waals surface area (Å²) in [6, 6.07) is 0. The van der Waals surface area contributed by atoms with Crippen molar-refractivity contribution in [3.63, 3.8) is 0 Å². The number of aliphatic carboxylic acids is 1. The minimum Gasteiger partial charge on any atom is -0.481 e. The Morgan fingerprint density at radius 1 is 1.47 bits per heavy atom. The first kappa shape index (κ1) is 14.0. The van der Waals surface area contributed by atoms with Crippen LogP contribution < -0.4 is 0 Å². The summed E-state index contributed by atoms with van der Waals surface area (Å²) in [5.74, 6) is -0.900. The predicted molar refractivity (Wildman–Crippen MR) is 62.7 cm³/mol. The molecule has 1 saturated heterocycles. The third-order valence-corrected chi connectivity index (χ3v) is 3.38. The Morgan fingerprint density at radius 3 is 2.71 bits per heavy atom. The maximum Gasteiger partial charge on any atom is 0.311 e. The molecule has 98 valence electrons. The van der Waals surface area contributed by atoms with Crippen LogP contribution in [-0.2, 0) is 14.3 Å². The second-order valence-electron chi connectivity index (χ2n) is 4.69. The van der Waals surface area contributed by atoms with Crippen LogP contribution in [0.5, 0.6) is 0 Å². The number of carbonyl (C=O) groups excluding carboxylic acids is 1. The summed E-state index contributed by atoms with van der Waals surface area (Å²) in [6.07, 6.45) is 2.85. The molecule has 0 spiro atoms. The fourth-order valence-corrected chi connectivity index (χ4v) is 2.52. The van der Waals surface area contributed by atoms with Gasteiger partial charge < -0.3 is 14.7 Å². The van der Waals surface area contributed by atoms with E-state index < -0.39 is 11.4 Å². The van der Waals surface area contributed by atoms with Gasteiger partial charge in [0.15, 0.2) is 0 Å². The van der Waals surface area contributed by atoms with E-state index in [-0.39, 0.29) is 12.5 Å². The Balaban J connectivity index is 2.74. The predicted octanol–water partition coefficient (Wildman–Crippen LogP) is 1.13. The first-order valence-electron chi connectivity index (χ1n) is 6.06. The zero-order valence-electron chi connectivity index (χ0n) is 10.6. The largest absolute Gasteiger partial charge is 0.481 e. The van der Waals surface area contributed by atoms with Crippen LogP contribution in [0.15, 0.2) is 0 Å². The van der Waals surface area contributed by atoms with Crippen LogP contribution in [0.3, 0.4) is 0 Å². The third-order valence-electron chi connectivity index (χ3n) is 3.38. The molecular formula is C12H21NO4. The Morgan fingerprint density at radius 2 is 2.18 bits per heavy atom. The number of carbonyl (C=O) groups is 2. The number of ether oxygens (including phenoxy) is 1. The molecular weight excluding hydrogens is 222 g/mol. The topological polar surface area (TPSA) is 66.8 Å². The lowest BCUT2D eigenvalue weighted by Gasteiger charge is -2.39. The molecule has 5 heteroatoms. The molecule has 0 radical (unpaired) electrons. The summed E-state index contributed by atoms with van der Waals surface area (Å²) in [5, 5.41) is 9.38. The second kappa shape index (κ2) is 6.00. The van der Waals surface area contributed by atoms with Gasteiger partial charge in [-0.3, -0.25) is 9.59 Å². The number of hydrogen-bond donors (Lipinski definition) is 1. The van der Waals surface area contributed by atoms with Gasteiger partial charge in [-0.1, -0.05) is 13.3 Å². The average molecular weight is 243 g/mol. The Labute approximate surface area is 102 Å². The molecule has 5 nitrogen and oxygen atoms in total. The van der Waals surface area contributed by atoms with E-state index in [1.807, 2.05) is 6.92 Å². The Hall–Kier alpha value is -1.10. The number of piperidine rings is 1. The number of carboxylic acid groups (broad SMARTS) is 1. The third kappa shape index (κ3) is 3.19. The van der Waals surface area contributed by atoms with Crippen LogP contribution in [0.25, 0.3) is 0 Å². The maximum atomic E-state index is 11.7. The minimum atomic E-state index is -0.783. The highest BCUT2D eigenvalue weighted by molar-refractivity contribution is 5.80. The van der Waals surface area contributed by atoms with Gasteiger partial charge in [0.2, 0.25) is 5.91 Å². The van der Waals surface area contributed by atoms with E-state index >= 15 is 0 Å². The van der Waals surface area contributed by atoms with Gasteiger partial charge >= 0.3 is 5.97 Å². The molecule has 1 aliphatic heterocycles. The first-order chi connectivity index (χ1) is 8.05. The first-order valence-corrected chi connectivity index (χ1v) is 6.06. The molecule has 1 atom stereocenters. The second-order valence-corrected chi connectivity index (χ2v) is 4.69. The van der Waals surface area contributed by atoms with E-state index in [4.69, 9.17) is 4.74 Å². The molecule has 0 bridgehead atoms. The zero-order valence-corrected chi connectivity index (χ0v) is 10.6. The van der Waals surface area contributed by atoms with E-state index in [0.717, 1.165) is 12.8 Å². The lowest BCUT2D eigenvalue weighted by Crippen LogP contribution is -2.50. The molecule has 0 aliphatic carbocycles. The van der Waals surface area contributed by atoms with Gasteiger partial charge in [0.1, 0.15) is 6.61 Å². The van der Waals surface area contributed by atoms with E-state index in [1.54, 1.807) is 4.90 Å². The van der Waals surface area contributed by atoms with Crippen LogP contribution in [0.2, 0.25) is 0 Å². The van der Waals surface area contributed by atoms with Crippen LogP contribution in [0, 0.1) is 5.41 Å². The van der Waals surface area contributed by atoms with Gasteiger partial charge in [-0.05, 0) is 19.3 Å². The highest BCUT2D eigenvalue weighted by atomic mass is 16.5. The van der Waals surface area contributed by atoms with Gasteiger partial charge in [-0.25, -0.2) is 0 Å². The number of carboxylic acids is 1. The van der Waals surface area contributed by atoms with E-state index in [0.29, 0.717) is 25.9 Å². The Kier molecular flexibility index (Phi) is 4.93. The molecule has 17 heavy (non-hydrogen) atoms. The van der Waals surface area contributed by atoms with Crippen molar-refractivity contribution in [3.8, 4) is 0 Å². The van der Waals surface area contributed by atoms with Gasteiger partial charge in [0.05, 0.1) is 5.41 Å². The minimum absolute atomic E-state index is 0.0296. The number of likely N-dealkylation sites (tertiary alicyclic amines) is 1. The summed E-state index contributed by atoms with van der Waals surface area (Å²) < 4.78 is 4.81. The molecule has 0 aromatic rings. The summed E-state index contributed by atoms with van der Waals surface area (Å²) in [6.45, 7) is 2.96. The average Bonchev–Trinajstić information content (AvgIpc) is 2.30. The van der Waals surface area contributed by atoms with Crippen molar-refractivity contribution in [1.82, 2.24) is 4.90 Å². The van der Waals surface area contributed by atoms with Crippen LogP contribution >= 0.6 is 0 Å². The van der Waals surface area contributed by atoms with E-state index in [1.165, 1.54) is 7.11 Å². The standard InChI is InChI=1S/C12H21NO4/c1-3-5-12(11(15)16)6-4-7-13(9-12)10(14)8-17-2/h3-9H2,1-2H3,(H,15,16). The number of rotatable bonds is 5.